The molecule has 0 saturated carbocycles. The molecule has 0 amide bonds. The highest BCUT2D eigenvalue weighted by Crippen LogP contribution is 2.21. The third-order valence-electron chi connectivity index (χ3n) is 0.525. The van der Waals surface area contributed by atoms with Crippen LogP contribution in [0.4, 0.5) is 0 Å². The van der Waals surface area contributed by atoms with Crippen LogP contribution in [0.25, 0.3) is 0 Å². The normalized spacial score (nSPS) is 11.5. The van der Waals surface area contributed by atoms with E-state index in [2.05, 4.69) is 4.89 Å². The van der Waals surface area contributed by atoms with Crippen LogP contribution in [0.15, 0.2) is 0 Å². The van der Waals surface area contributed by atoms with Crippen LogP contribution in [0.3, 0.4) is 0 Å². The van der Waals surface area contributed by atoms with Crippen LogP contribution in [-0.4, -0.2) is 15.6 Å². The monoisotopic (exact) mass is 158 g/mol. The molecule has 0 saturated heterocycles. The summed E-state index contributed by atoms with van der Waals surface area (Å²) < 4.78 is -2.10. The Morgan fingerprint density at radius 3 is 2.12 bits per heavy atom. The van der Waals surface area contributed by atoms with Crippen molar-refractivity contribution in [1.29, 1.82) is 0 Å². The van der Waals surface area contributed by atoms with E-state index in [0.29, 0.717) is 0 Å². The summed E-state index contributed by atoms with van der Waals surface area (Å²) >= 11 is 10.00. The SMILES string of the molecule is CC(=O)C(Cl)(Cl)OO. The van der Waals surface area contributed by atoms with E-state index in [9.17, 15) is 4.79 Å². The second kappa shape index (κ2) is 2.64. The van der Waals surface area contributed by atoms with Crippen LogP contribution in [-0.2, 0) is 9.68 Å². The fourth-order valence-electron chi connectivity index (χ4n) is 0.0643. The topological polar surface area (TPSA) is 46.5 Å². The van der Waals surface area contributed by atoms with E-state index < -0.39 is 10.3 Å². The van der Waals surface area contributed by atoms with Crippen molar-refractivity contribution in [3.8, 4) is 0 Å². The van der Waals surface area contributed by atoms with E-state index in [1.807, 2.05) is 0 Å². The Kier molecular flexibility index (Phi) is 2.70. The molecule has 0 atom stereocenters. The van der Waals surface area contributed by atoms with Crippen molar-refractivity contribution in [2.75, 3.05) is 0 Å². The minimum Gasteiger partial charge on any atom is -0.294 e. The molecular weight excluding hydrogens is 155 g/mol. The largest absolute Gasteiger partial charge is 0.307 e. The van der Waals surface area contributed by atoms with Gasteiger partial charge in [0.25, 0.3) is 0 Å². The van der Waals surface area contributed by atoms with Gasteiger partial charge >= 0.3 is 4.52 Å². The lowest BCUT2D eigenvalue weighted by atomic mass is 10.5. The van der Waals surface area contributed by atoms with Crippen molar-refractivity contribution < 1.29 is 14.9 Å². The van der Waals surface area contributed by atoms with E-state index in [4.69, 9.17) is 28.5 Å². The van der Waals surface area contributed by atoms with Crippen LogP contribution in [0.5, 0.6) is 0 Å². The van der Waals surface area contributed by atoms with Crippen LogP contribution < -0.4 is 0 Å². The molecule has 1 N–H and O–H groups in total. The quantitative estimate of drug-likeness (QED) is 0.374. The molecule has 48 valence electrons. The van der Waals surface area contributed by atoms with Gasteiger partial charge in [-0.15, -0.1) is 0 Å². The molecule has 5 heteroatoms. The number of alkyl halides is 2. The second-order valence-electron chi connectivity index (χ2n) is 1.16. The van der Waals surface area contributed by atoms with E-state index >= 15 is 0 Å². The van der Waals surface area contributed by atoms with Gasteiger partial charge in [-0.3, -0.25) is 4.79 Å². The van der Waals surface area contributed by atoms with Crippen molar-refractivity contribution in [1.82, 2.24) is 0 Å². The number of carbonyl (C=O) groups excluding carboxylic acids is 1. The summed E-state index contributed by atoms with van der Waals surface area (Å²) in [5.74, 6) is -0.664. The molecule has 0 bridgehead atoms. The highest BCUT2D eigenvalue weighted by Gasteiger charge is 2.31. The first-order valence-electron chi connectivity index (χ1n) is 1.72. The molecular formula is C3H4Cl2O3. The minimum absolute atomic E-state index is 0.664. The highest BCUT2D eigenvalue weighted by atomic mass is 35.5. The molecule has 0 aliphatic heterocycles. The Bertz CT molecular complexity index is 101. The van der Waals surface area contributed by atoms with Crippen LogP contribution in [0, 0.1) is 0 Å². The summed E-state index contributed by atoms with van der Waals surface area (Å²) in [6.07, 6.45) is 0. The average Bonchev–Trinajstić information content (AvgIpc) is 1.67. The first-order chi connectivity index (χ1) is 3.50. The molecule has 0 heterocycles. The first-order valence-corrected chi connectivity index (χ1v) is 2.47. The number of halogens is 2. The number of hydrogen-bond donors (Lipinski definition) is 1. The molecule has 0 aliphatic rings. The van der Waals surface area contributed by atoms with Gasteiger partial charge in [-0.2, -0.15) is 4.89 Å². The molecule has 0 radical (unpaired) electrons. The average molecular weight is 159 g/mol. The zero-order valence-electron chi connectivity index (χ0n) is 4.02. The summed E-state index contributed by atoms with van der Waals surface area (Å²) in [6.45, 7) is 1.09. The van der Waals surface area contributed by atoms with E-state index in [1.165, 1.54) is 0 Å². The van der Waals surface area contributed by atoms with Crippen molar-refractivity contribution in [2.45, 2.75) is 11.4 Å². The fraction of sp³-hybridized carbons (Fsp3) is 0.667. The number of ketones is 1. The van der Waals surface area contributed by atoms with Gasteiger partial charge < -0.3 is 0 Å². The summed E-state index contributed by atoms with van der Waals surface area (Å²) in [7, 11) is 0. The summed E-state index contributed by atoms with van der Waals surface area (Å²) in [5.41, 5.74) is 0. The molecule has 0 aromatic carbocycles. The Balaban J connectivity index is 3.91. The van der Waals surface area contributed by atoms with Gasteiger partial charge in [0.1, 0.15) is 0 Å². The predicted molar refractivity (Wildman–Crippen MR) is 28.8 cm³/mol. The lowest BCUT2D eigenvalue weighted by Crippen LogP contribution is -2.25. The van der Waals surface area contributed by atoms with Gasteiger partial charge in [-0.05, 0) is 0 Å². The molecule has 0 aliphatic carbocycles. The molecule has 3 nitrogen and oxygen atoms in total. The van der Waals surface area contributed by atoms with Crippen LogP contribution >= 0.6 is 23.2 Å². The molecule has 0 spiro atoms. The fourth-order valence-corrected chi connectivity index (χ4v) is 0.0643. The van der Waals surface area contributed by atoms with Crippen LogP contribution in [0.2, 0.25) is 0 Å². The third-order valence-corrected chi connectivity index (χ3v) is 1.19. The van der Waals surface area contributed by atoms with Crippen molar-refractivity contribution >= 4 is 29.0 Å². The Morgan fingerprint density at radius 2 is 2.12 bits per heavy atom. The van der Waals surface area contributed by atoms with Crippen molar-refractivity contribution in [3.05, 3.63) is 0 Å². The molecule has 0 aromatic heterocycles. The predicted octanol–water partition coefficient (Wildman–Crippen LogP) is 1.20. The van der Waals surface area contributed by atoms with Gasteiger partial charge in [0.05, 0.1) is 0 Å². The Labute approximate surface area is 56.1 Å². The molecule has 0 fully saturated rings. The van der Waals surface area contributed by atoms with Gasteiger partial charge in [0, 0.05) is 6.92 Å². The third kappa shape index (κ3) is 1.96. The van der Waals surface area contributed by atoms with E-state index in [1.54, 1.807) is 0 Å². The second-order valence-corrected chi connectivity index (χ2v) is 2.42. The van der Waals surface area contributed by atoms with Gasteiger partial charge in [-0.1, -0.05) is 23.2 Å². The highest BCUT2D eigenvalue weighted by molar-refractivity contribution is 6.56. The van der Waals surface area contributed by atoms with Gasteiger partial charge in [0.15, 0.2) is 5.78 Å². The zero-order valence-corrected chi connectivity index (χ0v) is 5.53. The molecule has 0 unspecified atom stereocenters. The summed E-state index contributed by atoms with van der Waals surface area (Å²) in [6, 6.07) is 0. The minimum atomic E-state index is -2.10. The van der Waals surface area contributed by atoms with Crippen molar-refractivity contribution in [3.63, 3.8) is 0 Å². The number of Topliss-reactive ketones (excluding diaryl/α,β-unsaturated/α-hetero) is 1. The van der Waals surface area contributed by atoms with Gasteiger partial charge in [-0.25, -0.2) is 5.26 Å². The maximum absolute atomic E-state index is 10.1. The number of hydrogen-bond acceptors (Lipinski definition) is 3. The lowest BCUT2D eigenvalue weighted by molar-refractivity contribution is -0.263. The summed E-state index contributed by atoms with van der Waals surface area (Å²) in [4.78, 5) is 13.5. The summed E-state index contributed by atoms with van der Waals surface area (Å²) in [5, 5.41) is 7.78. The number of rotatable bonds is 2. The maximum atomic E-state index is 10.1. The lowest BCUT2D eigenvalue weighted by Gasteiger charge is -2.08. The zero-order chi connectivity index (χ0) is 6.78. The maximum Gasteiger partial charge on any atom is 0.307 e. The Hall–Kier alpha value is 0.170. The van der Waals surface area contributed by atoms with E-state index in [-0.39, 0.29) is 0 Å². The Morgan fingerprint density at radius 1 is 1.75 bits per heavy atom. The van der Waals surface area contributed by atoms with Gasteiger partial charge in [0.2, 0.25) is 0 Å². The molecule has 8 heavy (non-hydrogen) atoms. The molecule has 0 rings (SSSR count). The standard InChI is InChI=1S/C3H4Cl2O3/c1-2(6)3(4,5)8-7/h7H,1H3. The first kappa shape index (κ1) is 8.17. The molecule has 0 aromatic rings. The van der Waals surface area contributed by atoms with E-state index in [0.717, 1.165) is 6.92 Å². The number of carbonyl (C=O) groups is 1. The smallest absolute Gasteiger partial charge is 0.294 e. The van der Waals surface area contributed by atoms with Crippen molar-refractivity contribution in [2.24, 2.45) is 0 Å². The van der Waals surface area contributed by atoms with Crippen LogP contribution in [0.1, 0.15) is 6.92 Å².